The lowest BCUT2D eigenvalue weighted by atomic mass is 9.98. The molecule has 0 bridgehead atoms. The zero-order valence-electron chi connectivity index (χ0n) is 12.5. The largest absolute Gasteiger partial charge is 0.394 e. The molecule has 0 unspecified atom stereocenters. The normalized spacial score (nSPS) is 50.0. The van der Waals surface area contributed by atoms with Crippen LogP contribution in [0.25, 0.3) is 0 Å². The maximum atomic E-state index is 9.98. The first-order valence-corrected chi connectivity index (χ1v) is 7.21. The van der Waals surface area contributed by atoms with Gasteiger partial charge in [0.1, 0.15) is 30.5 Å². The van der Waals surface area contributed by atoms with Gasteiger partial charge in [-0.3, -0.25) is 0 Å². The van der Waals surface area contributed by atoms with Gasteiger partial charge in [0.2, 0.25) is 0 Å². The highest BCUT2D eigenvalue weighted by Crippen LogP contribution is 2.29. The van der Waals surface area contributed by atoms with Crippen LogP contribution in [0.4, 0.5) is 0 Å². The zero-order valence-corrected chi connectivity index (χ0v) is 12.5. The predicted molar refractivity (Wildman–Crippen MR) is 70.6 cm³/mol. The second kappa shape index (κ2) is 7.47. The number of aliphatic hydroxyl groups excluding tert-OH is 5. The Bertz CT molecular complexity index is 352. The molecule has 5 N–H and O–H groups in total. The van der Waals surface area contributed by atoms with Crippen LogP contribution in [0.15, 0.2) is 0 Å². The average Bonchev–Trinajstić information content (AvgIpc) is 2.49. The number of methoxy groups -OCH3 is 1. The molecule has 22 heavy (non-hydrogen) atoms. The standard InChI is InChI=1S/C13H24O9/c1-5-12(6(19-2)3-8(15)20-5)22-13-11(18)10(17)9(16)7(4-14)21-13/h5-18H,3-4H2,1-2H3/t5-,6-,7+,8+,9+,10-,11+,12-,13-/m0/s1. The smallest absolute Gasteiger partial charge is 0.187 e. The molecule has 2 aliphatic rings. The van der Waals surface area contributed by atoms with Gasteiger partial charge in [0.15, 0.2) is 12.6 Å². The summed E-state index contributed by atoms with van der Waals surface area (Å²) in [5.41, 5.74) is 0. The molecule has 0 spiro atoms. The van der Waals surface area contributed by atoms with Crippen LogP contribution in [0.3, 0.4) is 0 Å². The molecule has 9 nitrogen and oxygen atoms in total. The van der Waals surface area contributed by atoms with E-state index in [0.717, 1.165) is 0 Å². The van der Waals surface area contributed by atoms with Gasteiger partial charge in [0.25, 0.3) is 0 Å². The molecule has 2 aliphatic heterocycles. The van der Waals surface area contributed by atoms with Crippen LogP contribution in [0.2, 0.25) is 0 Å². The first-order chi connectivity index (χ1) is 10.4. The van der Waals surface area contributed by atoms with Gasteiger partial charge in [-0.05, 0) is 6.92 Å². The van der Waals surface area contributed by atoms with E-state index in [9.17, 15) is 20.4 Å². The fourth-order valence-electron chi connectivity index (χ4n) is 2.78. The van der Waals surface area contributed by atoms with E-state index in [1.165, 1.54) is 7.11 Å². The number of aliphatic hydroxyl groups is 5. The first kappa shape index (κ1) is 18.0. The Hall–Kier alpha value is -0.360. The Morgan fingerprint density at radius 1 is 1.05 bits per heavy atom. The second-order valence-electron chi connectivity index (χ2n) is 5.60. The summed E-state index contributed by atoms with van der Waals surface area (Å²) in [5.74, 6) is 0. The van der Waals surface area contributed by atoms with Crippen molar-refractivity contribution in [1.29, 1.82) is 0 Å². The Balaban J connectivity index is 2.07. The van der Waals surface area contributed by atoms with Crippen molar-refractivity contribution in [2.24, 2.45) is 0 Å². The van der Waals surface area contributed by atoms with Crippen molar-refractivity contribution < 1.29 is 44.5 Å². The van der Waals surface area contributed by atoms with E-state index in [4.69, 9.17) is 24.1 Å². The highest BCUT2D eigenvalue weighted by molar-refractivity contribution is 4.91. The minimum atomic E-state index is -1.51. The summed E-state index contributed by atoms with van der Waals surface area (Å²) in [7, 11) is 1.46. The van der Waals surface area contributed by atoms with Gasteiger partial charge in [-0.15, -0.1) is 0 Å². The van der Waals surface area contributed by atoms with E-state index in [0.29, 0.717) is 0 Å². The van der Waals surface area contributed by atoms with Crippen molar-refractivity contribution in [3.63, 3.8) is 0 Å². The van der Waals surface area contributed by atoms with E-state index >= 15 is 0 Å². The summed E-state index contributed by atoms with van der Waals surface area (Å²) in [6.45, 7) is 1.14. The summed E-state index contributed by atoms with van der Waals surface area (Å²) < 4.78 is 21.5. The summed E-state index contributed by atoms with van der Waals surface area (Å²) in [4.78, 5) is 0. The van der Waals surface area contributed by atoms with E-state index in [-0.39, 0.29) is 6.42 Å². The quantitative estimate of drug-likeness (QED) is 0.374. The summed E-state index contributed by atoms with van der Waals surface area (Å²) in [6, 6.07) is 0. The van der Waals surface area contributed by atoms with Crippen molar-refractivity contribution in [2.45, 2.75) is 68.7 Å². The summed E-state index contributed by atoms with van der Waals surface area (Å²) in [6.07, 6.45) is -9.24. The zero-order chi connectivity index (χ0) is 16.4. The summed E-state index contributed by atoms with van der Waals surface area (Å²) >= 11 is 0. The lowest BCUT2D eigenvalue weighted by Gasteiger charge is -2.44. The molecule has 0 aromatic rings. The minimum Gasteiger partial charge on any atom is -0.394 e. The Kier molecular flexibility index (Phi) is 6.11. The molecule has 2 heterocycles. The maximum Gasteiger partial charge on any atom is 0.187 e. The molecule has 2 saturated heterocycles. The Labute approximate surface area is 128 Å². The van der Waals surface area contributed by atoms with Crippen molar-refractivity contribution in [3.05, 3.63) is 0 Å². The van der Waals surface area contributed by atoms with Crippen LogP contribution in [-0.4, -0.2) is 94.6 Å². The van der Waals surface area contributed by atoms with Crippen LogP contribution >= 0.6 is 0 Å². The minimum absolute atomic E-state index is 0.183. The highest BCUT2D eigenvalue weighted by Gasteiger charge is 2.47. The van der Waals surface area contributed by atoms with Crippen molar-refractivity contribution in [1.82, 2.24) is 0 Å². The third kappa shape index (κ3) is 3.58. The van der Waals surface area contributed by atoms with Crippen molar-refractivity contribution >= 4 is 0 Å². The van der Waals surface area contributed by atoms with E-state index in [1.807, 2.05) is 0 Å². The molecule has 9 heteroatoms. The van der Waals surface area contributed by atoms with Crippen LogP contribution in [0, 0.1) is 0 Å². The molecule has 9 atom stereocenters. The third-order valence-electron chi connectivity index (χ3n) is 4.08. The number of hydrogen-bond donors (Lipinski definition) is 5. The van der Waals surface area contributed by atoms with Gasteiger partial charge in [0, 0.05) is 13.5 Å². The predicted octanol–water partition coefficient (Wildman–Crippen LogP) is -2.69. The third-order valence-corrected chi connectivity index (χ3v) is 4.08. The van der Waals surface area contributed by atoms with E-state index < -0.39 is 61.9 Å². The average molecular weight is 324 g/mol. The van der Waals surface area contributed by atoms with Gasteiger partial charge in [-0.25, -0.2) is 0 Å². The molecule has 130 valence electrons. The molecule has 2 fully saturated rings. The molecule has 0 saturated carbocycles. The molecule has 2 rings (SSSR count). The van der Waals surface area contributed by atoms with Gasteiger partial charge < -0.3 is 44.5 Å². The summed E-state index contributed by atoms with van der Waals surface area (Å²) in [5, 5.41) is 48.2. The van der Waals surface area contributed by atoms with E-state index in [2.05, 4.69) is 0 Å². The monoisotopic (exact) mass is 324 g/mol. The van der Waals surface area contributed by atoms with Gasteiger partial charge in [0.05, 0.1) is 18.8 Å². The number of ether oxygens (including phenoxy) is 4. The Morgan fingerprint density at radius 2 is 1.73 bits per heavy atom. The van der Waals surface area contributed by atoms with Crippen LogP contribution in [0.1, 0.15) is 13.3 Å². The van der Waals surface area contributed by atoms with Crippen LogP contribution in [-0.2, 0) is 18.9 Å². The molecule has 0 aliphatic carbocycles. The molecular weight excluding hydrogens is 300 g/mol. The molecule has 0 aromatic heterocycles. The lowest BCUT2D eigenvalue weighted by Crippen LogP contribution is -2.61. The number of hydrogen-bond acceptors (Lipinski definition) is 9. The van der Waals surface area contributed by atoms with Crippen LogP contribution in [0.5, 0.6) is 0 Å². The van der Waals surface area contributed by atoms with Gasteiger partial charge in [-0.2, -0.15) is 0 Å². The lowest BCUT2D eigenvalue weighted by molar-refractivity contribution is -0.340. The molecule has 0 radical (unpaired) electrons. The maximum absolute atomic E-state index is 9.98. The SMILES string of the molecule is CO[C@H]1C[C@H](O)O[C@@H](C)[C@@H]1O[C@@H]1O[C@H](CO)[C@@H](O)[C@H](O)[C@H]1O. The second-order valence-corrected chi connectivity index (χ2v) is 5.60. The van der Waals surface area contributed by atoms with Crippen molar-refractivity contribution in [3.8, 4) is 0 Å². The fraction of sp³-hybridized carbons (Fsp3) is 1.00. The molecule has 0 aromatic carbocycles. The van der Waals surface area contributed by atoms with Crippen molar-refractivity contribution in [2.75, 3.05) is 13.7 Å². The van der Waals surface area contributed by atoms with Gasteiger partial charge >= 0.3 is 0 Å². The van der Waals surface area contributed by atoms with Gasteiger partial charge in [-0.1, -0.05) is 0 Å². The molecular formula is C13H24O9. The topological polar surface area (TPSA) is 138 Å². The first-order valence-electron chi connectivity index (χ1n) is 7.21. The highest BCUT2D eigenvalue weighted by atomic mass is 16.7. The Morgan fingerprint density at radius 3 is 2.32 bits per heavy atom. The molecule has 0 amide bonds. The fourth-order valence-corrected chi connectivity index (χ4v) is 2.78. The van der Waals surface area contributed by atoms with Crippen LogP contribution < -0.4 is 0 Å². The van der Waals surface area contributed by atoms with E-state index in [1.54, 1.807) is 6.92 Å². The number of rotatable bonds is 4.